The van der Waals surface area contributed by atoms with Crippen molar-refractivity contribution in [3.63, 3.8) is 0 Å². The SMILES string of the molecule is CCCCCCCC[C@H]1O[C@@H]1S(=O)(=NS(=O)(=O)c1ccc(C)cc1)c1ccccc1. The van der Waals surface area contributed by atoms with Crippen LogP contribution in [0.4, 0.5) is 0 Å². The van der Waals surface area contributed by atoms with Gasteiger partial charge in [-0.3, -0.25) is 0 Å². The van der Waals surface area contributed by atoms with Gasteiger partial charge in [0.25, 0.3) is 10.0 Å². The molecule has 1 saturated heterocycles. The minimum Gasteiger partial charge on any atom is -0.354 e. The molecule has 0 amide bonds. The first kappa shape index (κ1) is 23.0. The van der Waals surface area contributed by atoms with Crippen LogP contribution in [-0.4, -0.2) is 24.2 Å². The van der Waals surface area contributed by atoms with Crippen molar-refractivity contribution >= 4 is 19.8 Å². The van der Waals surface area contributed by atoms with Crippen molar-refractivity contribution in [2.24, 2.45) is 3.77 Å². The molecule has 30 heavy (non-hydrogen) atoms. The highest BCUT2D eigenvalue weighted by molar-refractivity contribution is 8.03. The number of benzene rings is 2. The molecule has 2 aromatic rings. The van der Waals surface area contributed by atoms with Gasteiger partial charge < -0.3 is 4.74 Å². The first-order valence-electron chi connectivity index (χ1n) is 10.7. The molecule has 0 saturated carbocycles. The van der Waals surface area contributed by atoms with Crippen LogP contribution in [0.1, 0.15) is 57.4 Å². The number of rotatable bonds is 11. The van der Waals surface area contributed by atoms with Gasteiger partial charge in [0.15, 0.2) is 5.44 Å². The molecule has 0 radical (unpaired) electrons. The summed E-state index contributed by atoms with van der Waals surface area (Å²) in [4.78, 5) is 0.445. The molecule has 1 heterocycles. The molecule has 0 N–H and O–H groups in total. The summed E-state index contributed by atoms with van der Waals surface area (Å²) in [5.41, 5.74) is 0.262. The lowest BCUT2D eigenvalue weighted by Gasteiger charge is -2.09. The largest absolute Gasteiger partial charge is 0.354 e. The number of hydrogen-bond acceptors (Lipinski definition) is 4. The van der Waals surface area contributed by atoms with E-state index in [9.17, 15) is 12.6 Å². The zero-order valence-corrected chi connectivity index (χ0v) is 19.3. The van der Waals surface area contributed by atoms with Gasteiger partial charge in [-0.05, 0) is 37.6 Å². The molecule has 3 rings (SSSR count). The zero-order chi connectivity index (χ0) is 21.6. The van der Waals surface area contributed by atoms with E-state index >= 15 is 0 Å². The summed E-state index contributed by atoms with van der Waals surface area (Å²) in [5, 5.41) is 0. The molecule has 1 aliphatic heterocycles. The second-order valence-corrected chi connectivity index (χ2v) is 11.9. The van der Waals surface area contributed by atoms with Crippen molar-refractivity contribution in [2.45, 2.75) is 80.1 Å². The molecule has 164 valence electrons. The predicted octanol–water partition coefficient (Wildman–Crippen LogP) is 5.69. The van der Waals surface area contributed by atoms with Crippen molar-refractivity contribution in [3.05, 3.63) is 60.2 Å². The van der Waals surface area contributed by atoms with Crippen LogP contribution in [0, 0.1) is 6.92 Å². The number of sulfonamides is 1. The lowest BCUT2D eigenvalue weighted by Crippen LogP contribution is -2.14. The Balaban J connectivity index is 1.81. The van der Waals surface area contributed by atoms with Crippen molar-refractivity contribution in [3.8, 4) is 0 Å². The normalized spacial score (nSPS) is 20.5. The summed E-state index contributed by atoms with van der Waals surface area (Å²) in [5.74, 6) is 0. The van der Waals surface area contributed by atoms with Crippen LogP contribution in [0.25, 0.3) is 0 Å². The molecule has 0 spiro atoms. The highest BCUT2D eigenvalue weighted by Gasteiger charge is 2.48. The van der Waals surface area contributed by atoms with E-state index in [-0.39, 0.29) is 11.0 Å². The molecular weight excluding hydrogens is 418 g/mol. The third-order valence-corrected chi connectivity index (χ3v) is 9.83. The van der Waals surface area contributed by atoms with E-state index in [0.29, 0.717) is 4.90 Å². The summed E-state index contributed by atoms with van der Waals surface area (Å²) in [6.07, 6.45) is 7.55. The van der Waals surface area contributed by atoms with Crippen molar-refractivity contribution in [1.29, 1.82) is 0 Å². The van der Waals surface area contributed by atoms with E-state index in [0.717, 1.165) is 24.8 Å². The fourth-order valence-electron chi connectivity index (χ4n) is 3.47. The molecule has 1 unspecified atom stereocenters. The second-order valence-electron chi connectivity index (χ2n) is 7.84. The molecule has 5 nitrogen and oxygen atoms in total. The number of ether oxygens (including phenoxy) is 1. The monoisotopic (exact) mass is 449 g/mol. The van der Waals surface area contributed by atoms with Gasteiger partial charge in [-0.15, -0.1) is 0 Å². The molecule has 0 aromatic heterocycles. The van der Waals surface area contributed by atoms with Gasteiger partial charge in [-0.1, -0.05) is 85.1 Å². The molecule has 1 aliphatic rings. The van der Waals surface area contributed by atoms with Crippen LogP contribution >= 0.6 is 0 Å². The molecule has 3 atom stereocenters. The quantitative estimate of drug-likeness (QED) is 0.326. The Morgan fingerprint density at radius 2 is 1.47 bits per heavy atom. The second kappa shape index (κ2) is 10.1. The van der Waals surface area contributed by atoms with E-state index in [1.807, 2.05) is 6.92 Å². The summed E-state index contributed by atoms with van der Waals surface area (Å²) in [6.45, 7) is 4.07. The van der Waals surface area contributed by atoms with Gasteiger partial charge in [-0.2, -0.15) is 8.42 Å². The predicted molar refractivity (Wildman–Crippen MR) is 120 cm³/mol. The molecule has 1 fully saturated rings. The van der Waals surface area contributed by atoms with Crippen molar-refractivity contribution in [2.75, 3.05) is 0 Å². The smallest absolute Gasteiger partial charge is 0.290 e. The van der Waals surface area contributed by atoms with Gasteiger partial charge >= 0.3 is 0 Å². The van der Waals surface area contributed by atoms with E-state index in [2.05, 4.69) is 10.7 Å². The minimum absolute atomic E-state index is 0.0462. The highest BCUT2D eigenvalue weighted by atomic mass is 32.3. The Kier molecular flexibility index (Phi) is 7.71. The Hall–Kier alpha value is -1.70. The third-order valence-electron chi connectivity index (χ3n) is 5.30. The summed E-state index contributed by atoms with van der Waals surface area (Å²) < 4.78 is 49.5. The highest BCUT2D eigenvalue weighted by Crippen LogP contribution is 2.38. The summed E-state index contributed by atoms with van der Waals surface area (Å²) in [7, 11) is -7.35. The number of hydrogen-bond donors (Lipinski definition) is 0. The Labute approximate surface area is 181 Å². The summed E-state index contributed by atoms with van der Waals surface area (Å²) in [6, 6.07) is 15.0. The lowest BCUT2D eigenvalue weighted by molar-refractivity contribution is 0.379. The van der Waals surface area contributed by atoms with Crippen LogP contribution in [0.2, 0.25) is 0 Å². The van der Waals surface area contributed by atoms with Gasteiger partial charge in [0.1, 0.15) is 9.73 Å². The number of unbranched alkanes of at least 4 members (excludes halogenated alkanes) is 5. The fraction of sp³-hybridized carbons (Fsp3) is 0.478. The van der Waals surface area contributed by atoms with Crippen LogP contribution < -0.4 is 0 Å². The van der Waals surface area contributed by atoms with E-state index in [1.54, 1.807) is 42.5 Å². The maximum absolute atomic E-state index is 13.9. The van der Waals surface area contributed by atoms with Crippen molar-refractivity contribution in [1.82, 2.24) is 0 Å². The molecule has 0 aliphatic carbocycles. The van der Waals surface area contributed by atoms with Crippen LogP contribution in [0.15, 0.2) is 68.2 Å². The van der Waals surface area contributed by atoms with E-state index in [1.165, 1.54) is 37.8 Å². The average Bonchev–Trinajstić information content (AvgIpc) is 3.52. The average molecular weight is 450 g/mol. The first-order valence-corrected chi connectivity index (χ1v) is 13.7. The third kappa shape index (κ3) is 5.71. The number of aryl methyl sites for hydroxylation is 1. The zero-order valence-electron chi connectivity index (χ0n) is 17.7. The fourth-order valence-corrected chi connectivity index (χ4v) is 7.80. The van der Waals surface area contributed by atoms with Gasteiger partial charge in [0.05, 0.1) is 15.9 Å². The lowest BCUT2D eigenvalue weighted by atomic mass is 10.1. The molecule has 2 aromatic carbocycles. The van der Waals surface area contributed by atoms with Crippen LogP contribution in [0.5, 0.6) is 0 Å². The number of nitrogens with zero attached hydrogens (tertiary/aromatic N) is 1. The van der Waals surface area contributed by atoms with E-state index < -0.39 is 25.2 Å². The van der Waals surface area contributed by atoms with Crippen molar-refractivity contribution < 1.29 is 17.4 Å². The summed E-state index contributed by atoms with van der Waals surface area (Å²) >= 11 is 0. The maximum Gasteiger partial charge on any atom is 0.290 e. The minimum atomic E-state index is -4.08. The van der Waals surface area contributed by atoms with Crippen LogP contribution in [-0.2, 0) is 24.5 Å². The Morgan fingerprint density at radius 1 is 0.833 bits per heavy atom. The topological polar surface area (TPSA) is 76.1 Å². The Bertz CT molecular complexity index is 1040. The van der Waals surface area contributed by atoms with Gasteiger partial charge in [0, 0.05) is 0 Å². The molecule has 0 bridgehead atoms. The maximum atomic E-state index is 13.9. The first-order chi connectivity index (χ1) is 14.4. The standard InChI is InChI=1S/C23H31NO4S2/c1-3-4-5-6-7-11-14-22-23(28-22)29(25,20-12-9-8-10-13-20)24-30(26,27)21-17-15-19(2)16-18-21/h8-10,12-13,15-18,22-23H,3-7,11,14H2,1-2H3/t22-,23-,29?/m1/s1. The molecule has 7 heteroatoms. The Morgan fingerprint density at radius 3 is 2.13 bits per heavy atom. The molecular formula is C23H31NO4S2. The van der Waals surface area contributed by atoms with Gasteiger partial charge in [-0.25, -0.2) is 4.21 Å². The number of epoxide rings is 1. The van der Waals surface area contributed by atoms with Gasteiger partial charge in [0.2, 0.25) is 0 Å². The van der Waals surface area contributed by atoms with Crippen LogP contribution in [0.3, 0.4) is 0 Å². The van der Waals surface area contributed by atoms with E-state index in [4.69, 9.17) is 4.74 Å².